The van der Waals surface area contributed by atoms with E-state index >= 15 is 0 Å². The normalized spacial score (nSPS) is 23.1. The van der Waals surface area contributed by atoms with Gasteiger partial charge < -0.3 is 15.2 Å². The number of hydrogen-bond donors (Lipinski definition) is 3. The first-order valence-corrected chi connectivity index (χ1v) is 13.7. The predicted molar refractivity (Wildman–Crippen MR) is 130 cm³/mol. The Bertz CT molecular complexity index is 1310. The Morgan fingerprint density at radius 1 is 1.13 bits per heavy atom. The van der Waals surface area contributed by atoms with Gasteiger partial charge in [0.05, 0.1) is 11.9 Å². The van der Waals surface area contributed by atoms with Crippen molar-refractivity contribution in [1.29, 1.82) is 3.56 Å². The maximum absolute atomic E-state index is 12.8. The number of carbonyl (C=O) groups excluding carboxylic acids is 1. The predicted octanol–water partition coefficient (Wildman–Crippen LogP) is 4.19. The van der Waals surface area contributed by atoms with Crippen molar-refractivity contribution >= 4 is 38.1 Å². The summed E-state index contributed by atoms with van der Waals surface area (Å²) < 4.78 is 86.3. The van der Waals surface area contributed by atoms with Gasteiger partial charge >= 0.3 is 18.4 Å². The zero-order valence-corrected chi connectivity index (χ0v) is 21.7. The molecule has 0 aromatic carbocycles. The summed E-state index contributed by atoms with van der Waals surface area (Å²) in [4.78, 5) is 26.8. The Balaban J connectivity index is 1.19. The van der Waals surface area contributed by atoms with E-state index < -0.39 is 49.0 Å². The van der Waals surface area contributed by atoms with Crippen molar-refractivity contribution < 1.29 is 31.1 Å². The second kappa shape index (κ2) is 9.73. The average molecular weight is 657 g/mol. The van der Waals surface area contributed by atoms with Crippen molar-refractivity contribution in [2.24, 2.45) is 0 Å². The van der Waals surface area contributed by atoms with Crippen LogP contribution in [-0.4, -0.2) is 91.2 Å². The van der Waals surface area contributed by atoms with Gasteiger partial charge in [0.15, 0.2) is 0 Å². The summed E-state index contributed by atoms with van der Waals surface area (Å²) in [6.07, 6.45) is -3.18. The SMILES string of the molecule is N=I[C@]1(n2cc(-c3ncnc4[nH]ccc34)cn2)C[C@H](N2CCN(C(=O)NC(C(F)(F)F)C(F)(F)F)CC2)C1. The van der Waals surface area contributed by atoms with Gasteiger partial charge in [-0.05, 0) is 18.9 Å². The molecule has 3 aromatic heterocycles. The molecule has 2 fully saturated rings. The molecule has 0 spiro atoms. The van der Waals surface area contributed by atoms with Crippen LogP contribution in [0.1, 0.15) is 12.8 Å². The third-order valence-corrected chi connectivity index (χ3v) is 9.31. The van der Waals surface area contributed by atoms with E-state index in [-0.39, 0.29) is 19.1 Å². The summed E-state index contributed by atoms with van der Waals surface area (Å²) in [5.41, 5.74) is 2.23. The van der Waals surface area contributed by atoms with Crippen molar-refractivity contribution in [2.45, 2.75) is 40.8 Å². The topological polar surface area (TPSA) is 119 Å². The Hall–Kier alpha value is -2.83. The molecule has 1 saturated heterocycles. The van der Waals surface area contributed by atoms with Gasteiger partial charge in [0.25, 0.3) is 0 Å². The molecule has 2 amide bonds. The number of nitrogens with one attached hydrogen (secondary N) is 3. The van der Waals surface area contributed by atoms with Crippen LogP contribution in [0.5, 0.6) is 0 Å². The van der Waals surface area contributed by atoms with Crippen molar-refractivity contribution in [3.05, 3.63) is 31.0 Å². The van der Waals surface area contributed by atoms with Crippen LogP contribution in [0.25, 0.3) is 22.3 Å². The summed E-state index contributed by atoms with van der Waals surface area (Å²) in [5.74, 6) is 0. The third kappa shape index (κ3) is 4.96. The fourth-order valence-electron chi connectivity index (χ4n) is 4.85. The molecule has 2 aliphatic rings. The fourth-order valence-corrected chi connectivity index (χ4v) is 6.82. The zero-order chi connectivity index (χ0) is 27.3. The van der Waals surface area contributed by atoms with Crippen molar-refractivity contribution in [3.8, 4) is 11.3 Å². The molecule has 1 saturated carbocycles. The lowest BCUT2D eigenvalue weighted by atomic mass is 9.85. The number of H-pyrrole nitrogens is 1. The molecule has 38 heavy (non-hydrogen) atoms. The highest BCUT2D eigenvalue weighted by molar-refractivity contribution is 14.1. The molecule has 10 nitrogen and oxygen atoms in total. The van der Waals surface area contributed by atoms with Gasteiger partial charge in [-0.2, -0.15) is 31.4 Å². The minimum Gasteiger partial charge on any atom is -0.346 e. The lowest BCUT2D eigenvalue weighted by Gasteiger charge is -2.50. The van der Waals surface area contributed by atoms with Crippen LogP contribution < -0.4 is 5.32 Å². The van der Waals surface area contributed by atoms with Crippen LogP contribution in [0, 0.1) is 3.56 Å². The number of urea groups is 1. The van der Waals surface area contributed by atoms with Gasteiger partial charge in [-0.1, -0.05) is 0 Å². The van der Waals surface area contributed by atoms with Crippen molar-refractivity contribution in [3.63, 3.8) is 0 Å². The number of halogens is 7. The summed E-state index contributed by atoms with van der Waals surface area (Å²) in [5, 5.41) is 6.46. The molecule has 0 bridgehead atoms. The number of amides is 2. The van der Waals surface area contributed by atoms with Gasteiger partial charge in [-0.3, -0.25) is 13.1 Å². The summed E-state index contributed by atoms with van der Waals surface area (Å²) >= 11 is -1.02. The fraction of sp³-hybridized carbons (Fsp3) is 0.524. The monoisotopic (exact) mass is 657 g/mol. The number of rotatable bonds is 5. The lowest BCUT2D eigenvalue weighted by molar-refractivity contribution is -0.255. The third-order valence-electron chi connectivity index (χ3n) is 6.93. The molecular weight excluding hydrogens is 635 g/mol. The number of aromatic amines is 1. The molecule has 5 rings (SSSR count). The standard InChI is InChI=1S/C21H22F6IN9O/c22-20(23,24)17(21(25,26)27)34-18(38)36-5-3-35(4-6-36)13-7-19(8-13,28-29)37-10-12(9-33-37)15-14-1-2-30-16(14)32-11-31-15/h1-2,9-11,13,17,29H,3-8H2,(H,34,38)(H,30,31,32)/t13-,19-. The van der Waals surface area contributed by atoms with Crippen LogP contribution in [-0.2, 0) is 3.55 Å². The maximum Gasteiger partial charge on any atom is 0.417 e. The number of fused-ring (bicyclic) bond motifs is 1. The van der Waals surface area contributed by atoms with Crippen LogP contribution >= 0.6 is 21.0 Å². The van der Waals surface area contributed by atoms with Gasteiger partial charge in [0, 0.05) is 76.6 Å². The summed E-state index contributed by atoms with van der Waals surface area (Å²) in [6.45, 7) is 0.619. The van der Waals surface area contributed by atoms with Crippen LogP contribution in [0.15, 0.2) is 31.0 Å². The van der Waals surface area contributed by atoms with Gasteiger partial charge in [0.2, 0.25) is 6.04 Å². The highest BCUT2D eigenvalue weighted by atomic mass is 127. The quantitative estimate of drug-likeness (QED) is 0.216. The lowest BCUT2D eigenvalue weighted by Crippen LogP contribution is -2.62. The maximum atomic E-state index is 12.8. The smallest absolute Gasteiger partial charge is 0.346 e. The number of alkyl halides is 7. The minimum absolute atomic E-state index is 0.0000123. The summed E-state index contributed by atoms with van der Waals surface area (Å²) in [7, 11) is 0. The molecule has 1 aliphatic carbocycles. The van der Waals surface area contributed by atoms with E-state index in [9.17, 15) is 31.1 Å². The van der Waals surface area contributed by atoms with Crippen molar-refractivity contribution in [2.75, 3.05) is 26.2 Å². The molecule has 4 heterocycles. The second-order valence-corrected chi connectivity index (χ2v) is 11.7. The van der Waals surface area contributed by atoms with Gasteiger partial charge in [-0.25, -0.2) is 14.8 Å². The van der Waals surface area contributed by atoms with E-state index in [1.54, 1.807) is 12.4 Å². The molecule has 0 atom stereocenters. The van der Waals surface area contributed by atoms with E-state index in [1.165, 1.54) is 6.33 Å². The Morgan fingerprint density at radius 3 is 2.45 bits per heavy atom. The molecular formula is C21H22F6IN9O. The second-order valence-electron chi connectivity index (χ2n) is 9.20. The van der Waals surface area contributed by atoms with Crippen LogP contribution in [0.3, 0.4) is 0 Å². The minimum atomic E-state index is -5.64. The first-order valence-electron chi connectivity index (χ1n) is 11.5. The molecule has 3 aromatic rings. The molecule has 0 radical (unpaired) electrons. The van der Waals surface area contributed by atoms with Gasteiger partial charge in [-0.15, -0.1) is 0 Å². The number of aromatic nitrogens is 5. The average Bonchev–Trinajstić information content (AvgIpc) is 3.51. The molecule has 17 heteroatoms. The molecule has 0 unspecified atom stereocenters. The first-order chi connectivity index (χ1) is 17.9. The number of carbonyl (C=O) groups is 1. The Labute approximate surface area is 221 Å². The van der Waals surface area contributed by atoms with E-state index in [0.717, 1.165) is 26.9 Å². The number of piperazine rings is 1. The van der Waals surface area contributed by atoms with E-state index in [0.29, 0.717) is 31.6 Å². The van der Waals surface area contributed by atoms with E-state index in [1.807, 2.05) is 16.9 Å². The Morgan fingerprint density at radius 2 is 1.82 bits per heavy atom. The van der Waals surface area contributed by atoms with Crippen molar-refractivity contribution in [1.82, 2.24) is 39.8 Å². The highest BCUT2D eigenvalue weighted by Gasteiger charge is 2.58. The number of hydrogen-bond acceptors (Lipinski definition) is 6. The molecule has 1 aliphatic heterocycles. The highest BCUT2D eigenvalue weighted by Crippen LogP contribution is 2.50. The van der Waals surface area contributed by atoms with Crippen LogP contribution in [0.2, 0.25) is 0 Å². The van der Waals surface area contributed by atoms with E-state index in [2.05, 4.69) is 25.0 Å². The first kappa shape index (κ1) is 26.8. The van der Waals surface area contributed by atoms with Crippen LogP contribution in [0.4, 0.5) is 31.1 Å². The van der Waals surface area contributed by atoms with Gasteiger partial charge in [0.1, 0.15) is 15.5 Å². The largest absolute Gasteiger partial charge is 0.417 e. The summed E-state index contributed by atoms with van der Waals surface area (Å²) in [6, 6.07) is -3.36. The molecule has 206 valence electrons. The van der Waals surface area contributed by atoms with E-state index in [4.69, 9.17) is 3.56 Å². The molecule has 3 N–H and O–H groups in total. The zero-order valence-electron chi connectivity index (χ0n) is 19.5. The number of nitrogens with zero attached hydrogens (tertiary/aromatic N) is 6. The Kier molecular flexibility index (Phi) is 6.85.